The Morgan fingerprint density at radius 3 is 2.73 bits per heavy atom. The van der Waals surface area contributed by atoms with E-state index in [1.807, 2.05) is 20.8 Å². The molecule has 86 valence electrons. The average Bonchev–Trinajstić information content (AvgIpc) is 2.17. The van der Waals surface area contributed by atoms with Gasteiger partial charge in [0.1, 0.15) is 11.9 Å². The number of ether oxygens (including phenoxy) is 1. The molecule has 0 aromatic rings. The smallest absolute Gasteiger partial charge is 0.311 e. The molecule has 15 heavy (non-hydrogen) atoms. The molecule has 0 aliphatic heterocycles. The van der Waals surface area contributed by atoms with Crippen LogP contribution < -0.4 is 0 Å². The Bertz CT molecular complexity index is 256. The highest BCUT2D eigenvalue weighted by Crippen LogP contribution is 2.25. The molecule has 0 bridgehead atoms. The lowest BCUT2D eigenvalue weighted by atomic mass is 9.90. The van der Waals surface area contributed by atoms with Gasteiger partial charge in [-0.25, -0.2) is 0 Å². The zero-order valence-corrected chi connectivity index (χ0v) is 9.84. The van der Waals surface area contributed by atoms with Gasteiger partial charge in [0.15, 0.2) is 0 Å². The molecule has 0 N–H and O–H groups in total. The van der Waals surface area contributed by atoms with Crippen molar-refractivity contribution in [1.82, 2.24) is 0 Å². The van der Waals surface area contributed by atoms with Gasteiger partial charge in [0.25, 0.3) is 0 Å². The standard InChI is InChI=1S/C12H20O3/c1-4-12(2,3)11(14)15-10-7-5-6-9(13)8-10/h10H,4-8H2,1-3H3. The number of rotatable bonds is 3. The van der Waals surface area contributed by atoms with Crippen molar-refractivity contribution in [2.24, 2.45) is 5.41 Å². The van der Waals surface area contributed by atoms with E-state index in [1.54, 1.807) is 0 Å². The molecule has 1 atom stereocenters. The first-order valence-electron chi connectivity index (χ1n) is 5.68. The zero-order chi connectivity index (χ0) is 11.5. The van der Waals surface area contributed by atoms with Crippen LogP contribution in [0.25, 0.3) is 0 Å². The van der Waals surface area contributed by atoms with Gasteiger partial charge in [0, 0.05) is 12.8 Å². The minimum atomic E-state index is -0.430. The normalized spacial score (nSPS) is 22.6. The van der Waals surface area contributed by atoms with Crippen LogP contribution in [0.15, 0.2) is 0 Å². The number of hydrogen-bond donors (Lipinski definition) is 0. The second kappa shape index (κ2) is 4.77. The van der Waals surface area contributed by atoms with Crippen molar-refractivity contribution in [3.8, 4) is 0 Å². The molecular formula is C12H20O3. The lowest BCUT2D eigenvalue weighted by Gasteiger charge is -2.26. The minimum Gasteiger partial charge on any atom is -0.462 e. The van der Waals surface area contributed by atoms with Gasteiger partial charge in [-0.15, -0.1) is 0 Å². The third-order valence-electron chi connectivity index (χ3n) is 3.15. The van der Waals surface area contributed by atoms with Crippen molar-refractivity contribution in [1.29, 1.82) is 0 Å². The summed E-state index contributed by atoms with van der Waals surface area (Å²) >= 11 is 0. The second-order valence-corrected chi connectivity index (χ2v) is 4.90. The van der Waals surface area contributed by atoms with E-state index in [0.717, 1.165) is 19.3 Å². The van der Waals surface area contributed by atoms with Gasteiger partial charge in [0.2, 0.25) is 0 Å². The molecule has 0 aromatic heterocycles. The highest BCUT2D eigenvalue weighted by Gasteiger charge is 2.31. The molecule has 0 heterocycles. The van der Waals surface area contributed by atoms with Crippen LogP contribution in [-0.4, -0.2) is 17.9 Å². The Balaban J connectivity index is 2.47. The minimum absolute atomic E-state index is 0.176. The van der Waals surface area contributed by atoms with E-state index >= 15 is 0 Å². The molecular weight excluding hydrogens is 192 g/mol. The summed E-state index contributed by atoms with van der Waals surface area (Å²) in [5.74, 6) is 0.0399. The van der Waals surface area contributed by atoms with E-state index in [0.29, 0.717) is 12.8 Å². The van der Waals surface area contributed by atoms with Crippen LogP contribution in [-0.2, 0) is 14.3 Å². The summed E-state index contributed by atoms with van der Waals surface area (Å²) < 4.78 is 5.36. The molecule has 1 unspecified atom stereocenters. The Morgan fingerprint density at radius 1 is 1.53 bits per heavy atom. The maximum Gasteiger partial charge on any atom is 0.311 e. The van der Waals surface area contributed by atoms with Crippen LogP contribution in [0.2, 0.25) is 0 Å². The number of esters is 1. The van der Waals surface area contributed by atoms with Crippen molar-refractivity contribution in [3.63, 3.8) is 0 Å². The molecule has 0 spiro atoms. The van der Waals surface area contributed by atoms with Crippen LogP contribution in [0.5, 0.6) is 0 Å². The maximum atomic E-state index is 11.7. The molecule has 0 radical (unpaired) electrons. The molecule has 0 aromatic carbocycles. The maximum absolute atomic E-state index is 11.7. The fourth-order valence-electron chi connectivity index (χ4n) is 1.54. The molecule has 1 rings (SSSR count). The van der Waals surface area contributed by atoms with Gasteiger partial charge in [-0.3, -0.25) is 9.59 Å². The Labute approximate surface area is 91.2 Å². The van der Waals surface area contributed by atoms with Gasteiger partial charge in [0.05, 0.1) is 5.41 Å². The quantitative estimate of drug-likeness (QED) is 0.675. The van der Waals surface area contributed by atoms with Gasteiger partial charge in [-0.2, -0.15) is 0 Å². The monoisotopic (exact) mass is 212 g/mol. The first-order valence-corrected chi connectivity index (χ1v) is 5.68. The van der Waals surface area contributed by atoms with Gasteiger partial charge < -0.3 is 4.74 Å². The molecule has 1 saturated carbocycles. The predicted molar refractivity (Wildman–Crippen MR) is 57.4 cm³/mol. The number of carbonyl (C=O) groups excluding carboxylic acids is 2. The SMILES string of the molecule is CCC(C)(C)C(=O)OC1CCCC(=O)C1. The molecule has 1 fully saturated rings. The summed E-state index contributed by atoms with van der Waals surface area (Å²) in [6, 6.07) is 0. The molecule has 3 nitrogen and oxygen atoms in total. The highest BCUT2D eigenvalue weighted by molar-refractivity contribution is 5.81. The third kappa shape index (κ3) is 3.33. The van der Waals surface area contributed by atoms with E-state index in [-0.39, 0.29) is 17.9 Å². The number of carbonyl (C=O) groups is 2. The molecule has 1 aliphatic rings. The van der Waals surface area contributed by atoms with Crippen LogP contribution in [0.1, 0.15) is 52.9 Å². The lowest BCUT2D eigenvalue weighted by Crippen LogP contribution is -2.32. The Hall–Kier alpha value is -0.860. The van der Waals surface area contributed by atoms with Crippen LogP contribution >= 0.6 is 0 Å². The summed E-state index contributed by atoms with van der Waals surface area (Å²) in [6.45, 7) is 5.72. The summed E-state index contributed by atoms with van der Waals surface area (Å²) in [6.07, 6.45) is 3.31. The molecule has 0 amide bonds. The second-order valence-electron chi connectivity index (χ2n) is 4.90. The summed E-state index contributed by atoms with van der Waals surface area (Å²) in [5, 5.41) is 0. The van der Waals surface area contributed by atoms with E-state index < -0.39 is 5.41 Å². The third-order valence-corrected chi connectivity index (χ3v) is 3.15. The van der Waals surface area contributed by atoms with E-state index in [9.17, 15) is 9.59 Å². The van der Waals surface area contributed by atoms with Crippen molar-refractivity contribution in [2.45, 2.75) is 59.0 Å². The van der Waals surface area contributed by atoms with Crippen molar-refractivity contribution >= 4 is 11.8 Å². The fourth-order valence-corrected chi connectivity index (χ4v) is 1.54. The summed E-state index contributed by atoms with van der Waals surface area (Å²) in [5.41, 5.74) is -0.430. The lowest BCUT2D eigenvalue weighted by molar-refractivity contribution is -0.161. The van der Waals surface area contributed by atoms with Crippen LogP contribution in [0.3, 0.4) is 0 Å². The first-order chi connectivity index (χ1) is 6.95. The molecule has 1 aliphatic carbocycles. The largest absolute Gasteiger partial charge is 0.462 e. The first kappa shape index (κ1) is 12.2. The zero-order valence-electron chi connectivity index (χ0n) is 9.84. The number of hydrogen-bond acceptors (Lipinski definition) is 3. The average molecular weight is 212 g/mol. The predicted octanol–water partition coefficient (Wildman–Crippen LogP) is 2.48. The van der Waals surface area contributed by atoms with Crippen molar-refractivity contribution < 1.29 is 14.3 Å². The van der Waals surface area contributed by atoms with E-state index in [4.69, 9.17) is 4.74 Å². The number of Topliss-reactive ketones (excluding diaryl/α,β-unsaturated/α-hetero) is 1. The van der Waals surface area contributed by atoms with Gasteiger partial charge >= 0.3 is 5.97 Å². The highest BCUT2D eigenvalue weighted by atomic mass is 16.5. The Morgan fingerprint density at radius 2 is 2.20 bits per heavy atom. The summed E-state index contributed by atoms with van der Waals surface area (Å²) in [7, 11) is 0. The fraction of sp³-hybridized carbons (Fsp3) is 0.833. The van der Waals surface area contributed by atoms with Crippen molar-refractivity contribution in [2.75, 3.05) is 0 Å². The van der Waals surface area contributed by atoms with Crippen LogP contribution in [0, 0.1) is 5.41 Å². The van der Waals surface area contributed by atoms with Crippen molar-refractivity contribution in [3.05, 3.63) is 0 Å². The summed E-state index contributed by atoms with van der Waals surface area (Å²) in [4.78, 5) is 22.9. The van der Waals surface area contributed by atoms with Gasteiger partial charge in [-0.05, 0) is 33.1 Å². The molecule has 0 saturated heterocycles. The van der Waals surface area contributed by atoms with E-state index in [2.05, 4.69) is 0 Å². The Kier molecular flexibility index (Phi) is 3.89. The molecule has 3 heteroatoms. The number of ketones is 1. The van der Waals surface area contributed by atoms with E-state index in [1.165, 1.54) is 0 Å². The van der Waals surface area contributed by atoms with Crippen LogP contribution in [0.4, 0.5) is 0 Å². The topological polar surface area (TPSA) is 43.4 Å². The van der Waals surface area contributed by atoms with Gasteiger partial charge in [-0.1, -0.05) is 6.92 Å².